The molecule has 0 aliphatic heterocycles. The van der Waals surface area contributed by atoms with Gasteiger partial charge < -0.3 is 10.0 Å². The van der Waals surface area contributed by atoms with E-state index >= 15 is 0 Å². The Morgan fingerprint density at radius 3 is 2.31 bits per heavy atom. The molecule has 2 aromatic rings. The van der Waals surface area contributed by atoms with Gasteiger partial charge in [-0.15, -0.1) is 0 Å². The van der Waals surface area contributed by atoms with Crippen LogP contribution in [0.1, 0.15) is 61.5 Å². The summed E-state index contributed by atoms with van der Waals surface area (Å²) >= 11 is 0. The Bertz CT molecular complexity index is 726. The Kier molecular flexibility index (Phi) is 6.84. The van der Waals surface area contributed by atoms with E-state index in [2.05, 4.69) is 19.9 Å². The fourth-order valence-corrected chi connectivity index (χ4v) is 3.73. The molecule has 0 saturated carbocycles. The van der Waals surface area contributed by atoms with E-state index in [1.807, 2.05) is 55.1 Å². The Morgan fingerprint density at radius 2 is 1.77 bits per heavy atom. The minimum absolute atomic E-state index is 0.0810. The van der Waals surface area contributed by atoms with Crippen LogP contribution in [0.4, 0.5) is 0 Å². The lowest BCUT2D eigenvalue weighted by Crippen LogP contribution is -2.43. The molecular weight excluding hydrogens is 322 g/mol. The Morgan fingerprint density at radius 1 is 1.08 bits per heavy atom. The van der Waals surface area contributed by atoms with Crippen molar-refractivity contribution in [2.75, 3.05) is 13.1 Å². The Hall–Kier alpha value is -2.29. The minimum atomic E-state index is -0.104. The molecule has 0 radical (unpaired) electrons. The predicted molar refractivity (Wildman–Crippen MR) is 108 cm³/mol. The van der Waals surface area contributed by atoms with Crippen LogP contribution >= 0.6 is 0 Å². The maximum Gasteiger partial charge on any atom is 0.253 e. The third-order valence-electron chi connectivity index (χ3n) is 5.40. The van der Waals surface area contributed by atoms with Crippen molar-refractivity contribution in [2.45, 2.75) is 52.4 Å². The number of aryl methyl sites for hydroxylation is 1. The van der Waals surface area contributed by atoms with Gasteiger partial charge in [-0.3, -0.25) is 4.79 Å². The molecule has 0 fully saturated rings. The lowest BCUT2D eigenvalue weighted by Gasteiger charge is -2.38. The molecule has 0 aliphatic carbocycles. The molecule has 0 spiro atoms. The van der Waals surface area contributed by atoms with Gasteiger partial charge in [0.15, 0.2) is 0 Å². The maximum absolute atomic E-state index is 13.0. The number of carbonyl (C=O) groups excluding carboxylic acids is 1. The number of likely N-dealkylation sites (N-methyl/N-ethyl adjacent to an activating group) is 1. The van der Waals surface area contributed by atoms with Gasteiger partial charge >= 0.3 is 0 Å². The van der Waals surface area contributed by atoms with Gasteiger partial charge in [0, 0.05) is 24.1 Å². The maximum atomic E-state index is 13.0. The zero-order valence-corrected chi connectivity index (χ0v) is 16.5. The second-order valence-corrected chi connectivity index (χ2v) is 7.07. The van der Waals surface area contributed by atoms with Crippen molar-refractivity contribution in [2.24, 2.45) is 0 Å². The van der Waals surface area contributed by atoms with E-state index in [1.54, 1.807) is 6.07 Å². The van der Waals surface area contributed by atoms with Gasteiger partial charge in [0.2, 0.25) is 0 Å². The van der Waals surface area contributed by atoms with Crippen LogP contribution in [0.2, 0.25) is 0 Å². The molecule has 3 nitrogen and oxygen atoms in total. The summed E-state index contributed by atoms with van der Waals surface area (Å²) in [5, 5.41) is 9.91. The number of hydrogen-bond donors (Lipinski definition) is 1. The summed E-state index contributed by atoms with van der Waals surface area (Å²) in [6.07, 6.45) is 3.00. The molecule has 0 aliphatic rings. The highest BCUT2D eigenvalue weighted by Crippen LogP contribution is 2.36. The second-order valence-electron chi connectivity index (χ2n) is 7.07. The molecule has 1 unspecified atom stereocenters. The van der Waals surface area contributed by atoms with Gasteiger partial charge in [-0.25, -0.2) is 0 Å². The average molecular weight is 354 g/mol. The van der Waals surface area contributed by atoms with Crippen molar-refractivity contribution in [3.63, 3.8) is 0 Å². The van der Waals surface area contributed by atoms with Crippen molar-refractivity contribution in [1.29, 1.82) is 0 Å². The first-order valence-corrected chi connectivity index (χ1v) is 9.61. The smallest absolute Gasteiger partial charge is 0.253 e. The third kappa shape index (κ3) is 4.27. The highest BCUT2D eigenvalue weighted by atomic mass is 16.3. The predicted octanol–water partition coefficient (Wildman–Crippen LogP) is 5.31. The van der Waals surface area contributed by atoms with Crippen molar-refractivity contribution in [3.05, 3.63) is 65.2 Å². The van der Waals surface area contributed by atoms with Crippen LogP contribution in [0.25, 0.3) is 0 Å². The zero-order valence-electron chi connectivity index (χ0n) is 16.5. The van der Waals surface area contributed by atoms with Crippen LogP contribution in [0, 0.1) is 6.92 Å². The normalized spacial score (nSPS) is 13.2. The van der Waals surface area contributed by atoms with E-state index in [-0.39, 0.29) is 11.3 Å². The summed E-state index contributed by atoms with van der Waals surface area (Å²) in [5.41, 5.74) is 2.72. The summed E-state index contributed by atoms with van der Waals surface area (Å²) in [4.78, 5) is 15.0. The molecule has 0 bridgehead atoms. The molecule has 1 N–H and O–H groups in total. The number of amides is 1. The van der Waals surface area contributed by atoms with Gasteiger partial charge in [-0.1, -0.05) is 50.6 Å². The van der Waals surface area contributed by atoms with Crippen molar-refractivity contribution < 1.29 is 9.90 Å². The number of aromatic hydroxyl groups is 1. The molecule has 0 saturated heterocycles. The first-order valence-electron chi connectivity index (χ1n) is 9.61. The van der Waals surface area contributed by atoms with E-state index in [9.17, 15) is 9.90 Å². The summed E-state index contributed by atoms with van der Waals surface area (Å²) < 4.78 is 0. The fraction of sp³-hybridized carbons (Fsp3) is 0.435. The van der Waals surface area contributed by atoms with Crippen molar-refractivity contribution in [1.82, 2.24) is 4.90 Å². The lowest BCUT2D eigenvalue weighted by atomic mass is 9.73. The minimum Gasteiger partial charge on any atom is -0.508 e. The molecule has 3 heteroatoms. The van der Waals surface area contributed by atoms with Crippen LogP contribution in [0.3, 0.4) is 0 Å². The molecule has 1 amide bonds. The first kappa shape index (κ1) is 20.0. The topological polar surface area (TPSA) is 40.5 Å². The molecular formula is C23H31NO2. The number of phenols is 1. The second kappa shape index (κ2) is 8.88. The SMILES string of the molecule is CCCC(CC)(CN(CC)C(=O)c1ccccc1)c1ccc(O)c(C)c1. The van der Waals surface area contributed by atoms with Crippen LogP contribution in [-0.2, 0) is 5.41 Å². The largest absolute Gasteiger partial charge is 0.508 e. The van der Waals surface area contributed by atoms with Gasteiger partial charge in [0.1, 0.15) is 5.75 Å². The van der Waals surface area contributed by atoms with Crippen LogP contribution in [-0.4, -0.2) is 29.0 Å². The fourth-order valence-electron chi connectivity index (χ4n) is 3.73. The average Bonchev–Trinajstić information content (AvgIpc) is 2.67. The van der Waals surface area contributed by atoms with E-state index < -0.39 is 0 Å². The number of carbonyl (C=O) groups is 1. The quantitative estimate of drug-likeness (QED) is 0.698. The van der Waals surface area contributed by atoms with Gasteiger partial charge in [0.05, 0.1) is 0 Å². The first-order chi connectivity index (χ1) is 12.5. The van der Waals surface area contributed by atoms with E-state index in [0.717, 1.165) is 30.4 Å². The van der Waals surface area contributed by atoms with Gasteiger partial charge in [0.25, 0.3) is 5.91 Å². The molecule has 0 heterocycles. The van der Waals surface area contributed by atoms with Gasteiger partial charge in [-0.05, 0) is 56.0 Å². The summed E-state index contributed by atoms with van der Waals surface area (Å²) in [5.74, 6) is 0.403. The standard InChI is InChI=1S/C23H31NO2/c1-5-15-23(6-2,20-13-14-21(25)18(4)16-20)17-24(7-3)22(26)19-11-9-8-10-12-19/h8-14,16,25H,5-7,15,17H2,1-4H3. The molecule has 140 valence electrons. The molecule has 1 atom stereocenters. The summed E-state index contributed by atoms with van der Waals surface area (Å²) in [6.45, 7) is 9.71. The number of nitrogens with zero attached hydrogens (tertiary/aromatic N) is 1. The van der Waals surface area contributed by atoms with Crippen LogP contribution in [0.5, 0.6) is 5.75 Å². The monoisotopic (exact) mass is 353 g/mol. The molecule has 2 rings (SSSR count). The highest BCUT2D eigenvalue weighted by molar-refractivity contribution is 5.94. The van der Waals surface area contributed by atoms with Crippen LogP contribution in [0.15, 0.2) is 48.5 Å². The van der Waals surface area contributed by atoms with E-state index in [4.69, 9.17) is 0 Å². The molecule has 0 aromatic heterocycles. The summed E-state index contributed by atoms with van der Waals surface area (Å²) in [7, 11) is 0. The lowest BCUT2D eigenvalue weighted by molar-refractivity contribution is 0.0712. The third-order valence-corrected chi connectivity index (χ3v) is 5.40. The Balaban J connectivity index is 2.38. The molecule has 26 heavy (non-hydrogen) atoms. The number of benzene rings is 2. The van der Waals surface area contributed by atoms with E-state index in [1.165, 1.54) is 5.56 Å². The van der Waals surface area contributed by atoms with Crippen molar-refractivity contribution in [3.8, 4) is 5.75 Å². The molecule has 2 aromatic carbocycles. The van der Waals surface area contributed by atoms with E-state index in [0.29, 0.717) is 18.8 Å². The number of hydrogen-bond acceptors (Lipinski definition) is 2. The zero-order chi connectivity index (χ0) is 19.2. The van der Waals surface area contributed by atoms with Gasteiger partial charge in [-0.2, -0.15) is 0 Å². The van der Waals surface area contributed by atoms with Crippen molar-refractivity contribution >= 4 is 5.91 Å². The van der Waals surface area contributed by atoms with Crippen LogP contribution < -0.4 is 0 Å². The summed E-state index contributed by atoms with van der Waals surface area (Å²) in [6, 6.07) is 15.4. The number of rotatable bonds is 8. The number of phenolic OH excluding ortho intramolecular Hbond substituents is 1. The highest BCUT2D eigenvalue weighted by Gasteiger charge is 2.33. The Labute approximate surface area is 157 Å².